The molecule has 1 amide bonds. The lowest BCUT2D eigenvalue weighted by Crippen LogP contribution is -2.45. The van der Waals surface area contributed by atoms with E-state index in [0.29, 0.717) is 11.8 Å². The van der Waals surface area contributed by atoms with Gasteiger partial charge >= 0.3 is 0 Å². The lowest BCUT2D eigenvalue weighted by Gasteiger charge is -2.27. The maximum absolute atomic E-state index is 12.7. The lowest BCUT2D eigenvalue weighted by atomic mass is 9.98. The number of rotatable bonds is 3. The molecule has 1 N–H and O–H groups in total. The smallest absolute Gasteiger partial charge is 0.244 e. The molecular formula is C14H24N2O. The Labute approximate surface area is 104 Å². The van der Waals surface area contributed by atoms with Crippen LogP contribution in [0.1, 0.15) is 52.4 Å². The molecule has 3 nitrogen and oxygen atoms in total. The first-order valence-electron chi connectivity index (χ1n) is 7.21. The van der Waals surface area contributed by atoms with Gasteiger partial charge in [0.25, 0.3) is 0 Å². The van der Waals surface area contributed by atoms with Crippen LogP contribution in [0.2, 0.25) is 0 Å². The number of amides is 1. The molecule has 2 aliphatic carbocycles. The van der Waals surface area contributed by atoms with Crippen LogP contribution in [-0.2, 0) is 4.79 Å². The number of hydrogen-bond acceptors (Lipinski definition) is 2. The summed E-state index contributed by atoms with van der Waals surface area (Å²) in [5.74, 6) is 1.71. The number of nitrogens with zero attached hydrogens (tertiary/aromatic N) is 1. The second kappa shape index (κ2) is 3.98. The van der Waals surface area contributed by atoms with Crippen LogP contribution in [0, 0.1) is 11.8 Å². The van der Waals surface area contributed by atoms with Gasteiger partial charge in [0, 0.05) is 6.54 Å². The third kappa shape index (κ3) is 1.88. The number of carbonyl (C=O) groups excluding carboxylic acids is 1. The first kappa shape index (κ1) is 11.5. The second-order valence-electron chi connectivity index (χ2n) is 6.52. The monoisotopic (exact) mass is 236 g/mol. The highest BCUT2D eigenvalue weighted by molar-refractivity contribution is 5.89. The van der Waals surface area contributed by atoms with Crippen molar-refractivity contribution in [3.8, 4) is 0 Å². The van der Waals surface area contributed by atoms with Crippen LogP contribution in [-0.4, -0.2) is 29.1 Å². The van der Waals surface area contributed by atoms with E-state index >= 15 is 0 Å². The zero-order chi connectivity index (χ0) is 12.0. The second-order valence-corrected chi connectivity index (χ2v) is 6.52. The summed E-state index contributed by atoms with van der Waals surface area (Å²) in [7, 11) is 0. The highest BCUT2D eigenvalue weighted by atomic mass is 16.2. The van der Waals surface area contributed by atoms with Crippen LogP contribution in [0.4, 0.5) is 0 Å². The van der Waals surface area contributed by atoms with E-state index in [-0.39, 0.29) is 11.7 Å². The van der Waals surface area contributed by atoms with E-state index < -0.39 is 0 Å². The molecule has 0 aromatic heterocycles. The van der Waals surface area contributed by atoms with Gasteiger partial charge in [0.15, 0.2) is 0 Å². The van der Waals surface area contributed by atoms with E-state index in [0.717, 1.165) is 25.3 Å². The predicted molar refractivity (Wildman–Crippen MR) is 67.4 cm³/mol. The van der Waals surface area contributed by atoms with Gasteiger partial charge in [-0.1, -0.05) is 26.7 Å². The summed E-state index contributed by atoms with van der Waals surface area (Å²) in [5, 5.41) is 3.68. The molecule has 1 spiro atoms. The first-order valence-corrected chi connectivity index (χ1v) is 7.21. The first-order chi connectivity index (χ1) is 8.12. The van der Waals surface area contributed by atoms with Gasteiger partial charge < -0.3 is 4.90 Å². The molecule has 1 saturated heterocycles. The molecule has 0 bridgehead atoms. The molecule has 3 heteroatoms. The molecule has 17 heavy (non-hydrogen) atoms. The average Bonchev–Trinajstić information content (AvgIpc) is 2.91. The molecule has 1 heterocycles. The summed E-state index contributed by atoms with van der Waals surface area (Å²) >= 11 is 0. The van der Waals surface area contributed by atoms with Crippen molar-refractivity contribution >= 4 is 5.91 Å². The van der Waals surface area contributed by atoms with Gasteiger partial charge in [-0.15, -0.1) is 0 Å². The maximum atomic E-state index is 12.7. The highest BCUT2D eigenvalue weighted by Crippen LogP contribution is 2.40. The Morgan fingerprint density at radius 2 is 2.00 bits per heavy atom. The van der Waals surface area contributed by atoms with Crippen molar-refractivity contribution in [1.29, 1.82) is 0 Å². The molecule has 3 aliphatic rings. The topological polar surface area (TPSA) is 32.3 Å². The molecule has 3 rings (SSSR count). The molecule has 1 aliphatic heterocycles. The van der Waals surface area contributed by atoms with Crippen molar-refractivity contribution < 1.29 is 4.79 Å². The summed E-state index contributed by atoms with van der Waals surface area (Å²) in [6.07, 6.45) is 7.44. The third-order valence-corrected chi connectivity index (χ3v) is 4.67. The Hall–Kier alpha value is -0.570. The molecule has 3 fully saturated rings. The summed E-state index contributed by atoms with van der Waals surface area (Å²) in [6.45, 7) is 5.44. The van der Waals surface area contributed by atoms with Crippen LogP contribution < -0.4 is 5.32 Å². The fraction of sp³-hybridized carbons (Fsp3) is 0.929. The van der Waals surface area contributed by atoms with Crippen molar-refractivity contribution in [2.45, 2.75) is 64.1 Å². The van der Waals surface area contributed by atoms with Gasteiger partial charge in [-0.3, -0.25) is 10.1 Å². The van der Waals surface area contributed by atoms with E-state index in [1.165, 1.54) is 25.7 Å². The maximum Gasteiger partial charge on any atom is 0.244 e. The fourth-order valence-corrected chi connectivity index (χ4v) is 3.46. The minimum atomic E-state index is -0.177. The van der Waals surface area contributed by atoms with E-state index in [1.807, 2.05) is 0 Å². The SMILES string of the molecule is CC(C)C1NC2(CCCC2)C(=O)N1CC1CC1. The van der Waals surface area contributed by atoms with E-state index in [9.17, 15) is 4.79 Å². The molecule has 96 valence electrons. The number of hydrogen-bond donors (Lipinski definition) is 1. The van der Waals surface area contributed by atoms with Crippen molar-refractivity contribution in [1.82, 2.24) is 10.2 Å². The Morgan fingerprint density at radius 3 is 2.53 bits per heavy atom. The summed E-state index contributed by atoms with van der Waals surface area (Å²) in [5.41, 5.74) is -0.177. The minimum Gasteiger partial charge on any atom is -0.325 e. The van der Waals surface area contributed by atoms with E-state index in [2.05, 4.69) is 24.1 Å². The highest BCUT2D eigenvalue weighted by Gasteiger charge is 2.53. The minimum absolute atomic E-state index is 0.177. The van der Waals surface area contributed by atoms with Crippen molar-refractivity contribution in [2.75, 3.05) is 6.54 Å². The summed E-state index contributed by atoms with van der Waals surface area (Å²) < 4.78 is 0. The van der Waals surface area contributed by atoms with Crippen LogP contribution in [0.3, 0.4) is 0 Å². The van der Waals surface area contributed by atoms with Crippen molar-refractivity contribution in [3.63, 3.8) is 0 Å². The Morgan fingerprint density at radius 1 is 1.35 bits per heavy atom. The van der Waals surface area contributed by atoms with Crippen LogP contribution in [0.15, 0.2) is 0 Å². The molecule has 0 aromatic carbocycles. The van der Waals surface area contributed by atoms with E-state index in [1.54, 1.807) is 0 Å². The molecule has 1 atom stereocenters. The predicted octanol–water partition coefficient (Wildman–Crippen LogP) is 2.12. The van der Waals surface area contributed by atoms with Crippen LogP contribution >= 0.6 is 0 Å². The Kier molecular flexibility index (Phi) is 2.69. The van der Waals surface area contributed by atoms with Gasteiger partial charge in [0.1, 0.15) is 0 Å². The molecule has 0 radical (unpaired) electrons. The van der Waals surface area contributed by atoms with Gasteiger partial charge in [0.2, 0.25) is 5.91 Å². The third-order valence-electron chi connectivity index (χ3n) is 4.67. The van der Waals surface area contributed by atoms with Gasteiger partial charge in [-0.25, -0.2) is 0 Å². The lowest BCUT2D eigenvalue weighted by molar-refractivity contribution is -0.133. The molecule has 0 aromatic rings. The van der Waals surface area contributed by atoms with Crippen LogP contribution in [0.5, 0.6) is 0 Å². The normalized spacial score (nSPS) is 32.1. The standard InChI is InChI=1S/C14H24N2O/c1-10(2)12-15-14(7-3-4-8-14)13(17)16(12)9-11-5-6-11/h10-12,15H,3-9H2,1-2H3. The van der Waals surface area contributed by atoms with Crippen molar-refractivity contribution in [3.05, 3.63) is 0 Å². The van der Waals surface area contributed by atoms with Gasteiger partial charge in [-0.2, -0.15) is 0 Å². The molecule has 1 unspecified atom stereocenters. The van der Waals surface area contributed by atoms with Gasteiger partial charge in [0.05, 0.1) is 11.7 Å². The summed E-state index contributed by atoms with van der Waals surface area (Å²) in [4.78, 5) is 14.8. The summed E-state index contributed by atoms with van der Waals surface area (Å²) in [6, 6.07) is 0. The number of nitrogens with one attached hydrogen (secondary N) is 1. The van der Waals surface area contributed by atoms with Crippen molar-refractivity contribution in [2.24, 2.45) is 11.8 Å². The zero-order valence-electron chi connectivity index (χ0n) is 11.0. The largest absolute Gasteiger partial charge is 0.325 e. The van der Waals surface area contributed by atoms with E-state index in [4.69, 9.17) is 0 Å². The number of carbonyl (C=O) groups is 1. The zero-order valence-corrected chi connectivity index (χ0v) is 11.0. The van der Waals surface area contributed by atoms with Gasteiger partial charge in [-0.05, 0) is 37.5 Å². The Balaban J connectivity index is 1.80. The molecular weight excluding hydrogens is 212 g/mol. The molecule has 2 saturated carbocycles. The van der Waals surface area contributed by atoms with Crippen LogP contribution in [0.25, 0.3) is 0 Å². The quantitative estimate of drug-likeness (QED) is 0.814. The Bertz CT molecular complexity index is 316. The average molecular weight is 236 g/mol. The fourth-order valence-electron chi connectivity index (χ4n) is 3.46.